The topological polar surface area (TPSA) is 116 Å². The summed E-state index contributed by atoms with van der Waals surface area (Å²) in [5, 5.41) is 7.97. The molecular weight excluding hydrogens is 268 g/mol. The van der Waals surface area contributed by atoms with Gasteiger partial charge in [0, 0.05) is 23.6 Å². The van der Waals surface area contributed by atoms with Crippen molar-refractivity contribution in [2.24, 2.45) is 0 Å². The van der Waals surface area contributed by atoms with Crippen molar-refractivity contribution in [3.63, 3.8) is 0 Å². The molecule has 3 aromatic rings. The van der Waals surface area contributed by atoms with Crippen LogP contribution in [0.3, 0.4) is 0 Å². The zero-order valence-electron chi connectivity index (χ0n) is 11.8. The first-order chi connectivity index (χ1) is 10.1. The van der Waals surface area contributed by atoms with Crippen LogP contribution in [0.1, 0.15) is 18.6 Å². The number of fused-ring (bicyclic) bond motifs is 1. The lowest BCUT2D eigenvalue weighted by Crippen LogP contribution is -2.10. The SMILES string of the molecule is COC(C)c1c(N)nc(N)nc1-c1ccc2cn[nH]c2c1. The summed E-state index contributed by atoms with van der Waals surface area (Å²) in [4.78, 5) is 8.36. The van der Waals surface area contributed by atoms with Crippen LogP contribution < -0.4 is 11.5 Å². The Morgan fingerprint density at radius 2 is 2.05 bits per heavy atom. The summed E-state index contributed by atoms with van der Waals surface area (Å²) in [5.41, 5.74) is 14.9. The van der Waals surface area contributed by atoms with Crippen LogP contribution in [0.4, 0.5) is 11.8 Å². The van der Waals surface area contributed by atoms with Crippen molar-refractivity contribution < 1.29 is 4.74 Å². The number of nitrogens with two attached hydrogens (primary N) is 2. The van der Waals surface area contributed by atoms with E-state index in [-0.39, 0.29) is 12.1 Å². The van der Waals surface area contributed by atoms with Gasteiger partial charge in [0.15, 0.2) is 0 Å². The highest BCUT2D eigenvalue weighted by Gasteiger charge is 2.19. The van der Waals surface area contributed by atoms with Gasteiger partial charge >= 0.3 is 0 Å². The minimum atomic E-state index is -0.238. The van der Waals surface area contributed by atoms with E-state index >= 15 is 0 Å². The summed E-state index contributed by atoms with van der Waals surface area (Å²) in [5.74, 6) is 0.468. The number of methoxy groups -OCH3 is 1. The highest BCUT2D eigenvalue weighted by Crippen LogP contribution is 2.33. The van der Waals surface area contributed by atoms with Crippen molar-refractivity contribution in [1.29, 1.82) is 0 Å². The Hall–Kier alpha value is -2.67. The van der Waals surface area contributed by atoms with Gasteiger partial charge in [0.1, 0.15) is 5.82 Å². The zero-order valence-corrected chi connectivity index (χ0v) is 11.8. The van der Waals surface area contributed by atoms with Crippen LogP contribution in [-0.4, -0.2) is 27.3 Å². The molecule has 0 radical (unpaired) electrons. The van der Waals surface area contributed by atoms with Crippen LogP contribution in [0, 0.1) is 0 Å². The number of ether oxygens (including phenoxy) is 1. The molecule has 3 rings (SSSR count). The van der Waals surface area contributed by atoms with Gasteiger partial charge in [-0.25, -0.2) is 4.98 Å². The van der Waals surface area contributed by atoms with Gasteiger partial charge in [-0.3, -0.25) is 5.10 Å². The first-order valence-electron chi connectivity index (χ1n) is 6.49. The molecule has 0 saturated heterocycles. The summed E-state index contributed by atoms with van der Waals surface area (Å²) < 4.78 is 5.37. The van der Waals surface area contributed by atoms with Crippen molar-refractivity contribution >= 4 is 22.7 Å². The number of nitrogens with one attached hydrogen (secondary N) is 1. The van der Waals surface area contributed by atoms with Crippen molar-refractivity contribution in [2.45, 2.75) is 13.0 Å². The zero-order chi connectivity index (χ0) is 15.0. The van der Waals surface area contributed by atoms with Crippen LogP contribution in [0.25, 0.3) is 22.2 Å². The Morgan fingerprint density at radius 1 is 1.24 bits per heavy atom. The van der Waals surface area contributed by atoms with Crippen molar-refractivity contribution in [3.05, 3.63) is 30.0 Å². The lowest BCUT2D eigenvalue weighted by Gasteiger charge is -2.16. The number of hydrogen-bond acceptors (Lipinski definition) is 6. The molecule has 5 N–H and O–H groups in total. The van der Waals surface area contributed by atoms with Crippen LogP contribution in [0.5, 0.6) is 0 Å². The molecule has 21 heavy (non-hydrogen) atoms. The second-order valence-electron chi connectivity index (χ2n) is 4.78. The molecule has 1 aromatic carbocycles. The fourth-order valence-electron chi connectivity index (χ4n) is 2.33. The number of hydrogen-bond donors (Lipinski definition) is 3. The number of anilines is 2. The molecule has 0 saturated carbocycles. The molecule has 7 heteroatoms. The first kappa shape index (κ1) is 13.3. The third-order valence-electron chi connectivity index (χ3n) is 3.47. The Morgan fingerprint density at radius 3 is 2.81 bits per heavy atom. The van der Waals surface area contributed by atoms with E-state index in [1.807, 2.05) is 25.1 Å². The molecule has 0 spiro atoms. The molecule has 2 heterocycles. The van der Waals surface area contributed by atoms with Crippen molar-refractivity contribution in [1.82, 2.24) is 20.2 Å². The van der Waals surface area contributed by atoms with Gasteiger partial charge in [0.25, 0.3) is 0 Å². The lowest BCUT2D eigenvalue weighted by molar-refractivity contribution is 0.120. The fourth-order valence-corrected chi connectivity index (χ4v) is 2.33. The molecule has 0 aliphatic carbocycles. The molecular formula is C14H16N6O. The monoisotopic (exact) mass is 284 g/mol. The van der Waals surface area contributed by atoms with Gasteiger partial charge in [-0.2, -0.15) is 10.1 Å². The van der Waals surface area contributed by atoms with E-state index in [0.29, 0.717) is 11.5 Å². The van der Waals surface area contributed by atoms with Gasteiger partial charge in [-0.1, -0.05) is 12.1 Å². The summed E-state index contributed by atoms with van der Waals surface area (Å²) >= 11 is 0. The molecule has 2 aromatic heterocycles. The predicted molar refractivity (Wildman–Crippen MR) is 81.4 cm³/mol. The quantitative estimate of drug-likeness (QED) is 0.676. The minimum Gasteiger partial charge on any atom is -0.383 e. The summed E-state index contributed by atoms with van der Waals surface area (Å²) in [6.07, 6.45) is 1.53. The number of aromatic nitrogens is 4. The van der Waals surface area contributed by atoms with Gasteiger partial charge in [-0.15, -0.1) is 0 Å². The Balaban J connectivity index is 2.24. The summed E-state index contributed by atoms with van der Waals surface area (Å²) in [6.45, 7) is 1.89. The summed E-state index contributed by atoms with van der Waals surface area (Å²) in [6, 6.07) is 5.87. The molecule has 108 valence electrons. The number of rotatable bonds is 3. The first-order valence-corrected chi connectivity index (χ1v) is 6.49. The maximum absolute atomic E-state index is 6.00. The Labute approximate surface area is 121 Å². The van der Waals surface area contributed by atoms with E-state index in [4.69, 9.17) is 16.2 Å². The van der Waals surface area contributed by atoms with Crippen molar-refractivity contribution in [2.75, 3.05) is 18.6 Å². The third kappa shape index (κ3) is 2.27. The maximum atomic E-state index is 6.00. The summed E-state index contributed by atoms with van der Waals surface area (Å²) in [7, 11) is 1.61. The second-order valence-corrected chi connectivity index (χ2v) is 4.78. The molecule has 0 fully saturated rings. The van der Waals surface area contributed by atoms with Crippen LogP contribution in [-0.2, 0) is 4.74 Å². The van der Waals surface area contributed by atoms with Gasteiger partial charge in [-0.05, 0) is 13.0 Å². The predicted octanol–water partition coefficient (Wildman–Crippen LogP) is 1.89. The number of benzene rings is 1. The third-order valence-corrected chi connectivity index (χ3v) is 3.47. The molecule has 7 nitrogen and oxygen atoms in total. The fraction of sp³-hybridized carbons (Fsp3) is 0.214. The second kappa shape index (κ2) is 5.02. The van der Waals surface area contributed by atoms with Gasteiger partial charge in [0.2, 0.25) is 5.95 Å². The average molecular weight is 284 g/mol. The van der Waals surface area contributed by atoms with E-state index in [9.17, 15) is 0 Å². The highest BCUT2D eigenvalue weighted by atomic mass is 16.5. The molecule has 0 amide bonds. The van der Waals surface area contributed by atoms with Gasteiger partial charge < -0.3 is 16.2 Å². The smallest absolute Gasteiger partial charge is 0.222 e. The Kier molecular flexibility index (Phi) is 3.19. The number of nitrogen functional groups attached to an aromatic ring is 2. The molecule has 1 unspecified atom stereocenters. The Bertz CT molecular complexity index is 797. The molecule has 1 atom stereocenters. The van der Waals surface area contributed by atoms with E-state index in [0.717, 1.165) is 22.0 Å². The molecule has 0 bridgehead atoms. The number of H-pyrrole nitrogens is 1. The average Bonchev–Trinajstić information content (AvgIpc) is 2.93. The van der Waals surface area contributed by atoms with E-state index < -0.39 is 0 Å². The largest absolute Gasteiger partial charge is 0.383 e. The minimum absolute atomic E-state index is 0.138. The normalized spacial score (nSPS) is 12.7. The highest BCUT2D eigenvalue weighted by molar-refractivity contribution is 5.84. The standard InChI is InChI=1S/C14H16N6O/c1-7(21-2)11-12(18-14(16)19-13(11)15)8-3-4-9-6-17-20-10(9)5-8/h3-7H,1-2H3,(H,17,20)(H4,15,16,18,19). The van der Waals surface area contributed by atoms with Crippen LogP contribution in [0.15, 0.2) is 24.4 Å². The van der Waals surface area contributed by atoms with Crippen LogP contribution >= 0.6 is 0 Å². The van der Waals surface area contributed by atoms with E-state index in [1.165, 1.54) is 0 Å². The van der Waals surface area contributed by atoms with Crippen molar-refractivity contribution in [3.8, 4) is 11.3 Å². The number of nitrogens with zero attached hydrogens (tertiary/aromatic N) is 3. The van der Waals surface area contributed by atoms with E-state index in [2.05, 4.69) is 20.2 Å². The van der Waals surface area contributed by atoms with E-state index in [1.54, 1.807) is 13.3 Å². The number of aromatic amines is 1. The molecule has 0 aliphatic heterocycles. The molecule has 0 aliphatic rings. The van der Waals surface area contributed by atoms with Gasteiger partial charge in [0.05, 0.1) is 23.5 Å². The maximum Gasteiger partial charge on any atom is 0.222 e. The van der Waals surface area contributed by atoms with Crippen LogP contribution in [0.2, 0.25) is 0 Å². The lowest BCUT2D eigenvalue weighted by atomic mass is 10.0.